The van der Waals surface area contributed by atoms with Gasteiger partial charge in [-0.05, 0) is 43.7 Å². The number of carbonyl (C=O) groups is 3. The third-order valence-corrected chi connectivity index (χ3v) is 5.40. The maximum Gasteiger partial charge on any atom is 0.355 e. The largest absolute Gasteiger partial charge is 0.461 e. The van der Waals surface area contributed by atoms with Crippen LogP contribution >= 0.6 is 11.6 Å². The second-order valence-corrected chi connectivity index (χ2v) is 7.33. The summed E-state index contributed by atoms with van der Waals surface area (Å²) in [7, 11) is 0. The first kappa shape index (κ1) is 19.1. The molecule has 29 heavy (non-hydrogen) atoms. The van der Waals surface area contributed by atoms with Crippen LogP contribution in [-0.4, -0.2) is 30.1 Å². The van der Waals surface area contributed by atoms with Crippen LogP contribution in [0.1, 0.15) is 18.1 Å². The molecular formula is C21H18ClN3O4. The van der Waals surface area contributed by atoms with Crippen molar-refractivity contribution in [3.05, 3.63) is 64.7 Å². The van der Waals surface area contributed by atoms with Crippen LogP contribution in [0.15, 0.2) is 53.6 Å². The van der Waals surface area contributed by atoms with E-state index in [0.717, 1.165) is 10.5 Å². The molecule has 1 saturated heterocycles. The van der Waals surface area contributed by atoms with Gasteiger partial charge in [0.15, 0.2) is 11.3 Å². The Bertz CT molecular complexity index is 1030. The van der Waals surface area contributed by atoms with Gasteiger partial charge in [-0.1, -0.05) is 41.4 Å². The number of fused-ring (bicyclic) bond motifs is 1. The first-order valence-corrected chi connectivity index (χ1v) is 9.51. The second-order valence-electron chi connectivity index (χ2n) is 6.89. The minimum atomic E-state index is -1.53. The van der Waals surface area contributed by atoms with Crippen molar-refractivity contribution in [1.82, 2.24) is 5.43 Å². The number of halogens is 1. The van der Waals surface area contributed by atoms with Crippen LogP contribution in [0.4, 0.5) is 5.69 Å². The quantitative estimate of drug-likeness (QED) is 0.617. The molecule has 1 N–H and O–H groups in total. The third-order valence-electron chi connectivity index (χ3n) is 5.14. The minimum Gasteiger partial charge on any atom is -0.461 e. The van der Waals surface area contributed by atoms with Crippen molar-refractivity contribution in [2.45, 2.75) is 19.4 Å². The summed E-state index contributed by atoms with van der Waals surface area (Å²) in [6, 6.07) is 13.6. The Morgan fingerprint density at radius 2 is 1.83 bits per heavy atom. The number of imide groups is 1. The summed E-state index contributed by atoms with van der Waals surface area (Å²) in [4.78, 5) is 40.6. The SMILES string of the molecule is CCOC(=O)C1=NN[C@@]2(c3ccc(Cl)cc3)C(=O)N(c3ccc(C)cc3)C(=O)[C@H]12. The van der Waals surface area contributed by atoms with Gasteiger partial charge < -0.3 is 4.74 Å². The molecule has 4 rings (SSSR count). The molecule has 8 heteroatoms. The molecule has 7 nitrogen and oxygen atoms in total. The fraction of sp³-hybridized carbons (Fsp3) is 0.238. The first-order chi connectivity index (χ1) is 13.9. The van der Waals surface area contributed by atoms with Gasteiger partial charge in [0.05, 0.1) is 12.3 Å². The Morgan fingerprint density at radius 1 is 1.17 bits per heavy atom. The molecular weight excluding hydrogens is 394 g/mol. The number of aryl methyl sites for hydroxylation is 1. The number of ether oxygens (including phenoxy) is 1. The molecule has 2 heterocycles. The number of nitrogens with one attached hydrogen (secondary N) is 1. The van der Waals surface area contributed by atoms with Crippen LogP contribution in [0.25, 0.3) is 0 Å². The Labute approximate surface area is 172 Å². The van der Waals surface area contributed by atoms with Gasteiger partial charge in [0.1, 0.15) is 5.92 Å². The minimum absolute atomic E-state index is 0.116. The van der Waals surface area contributed by atoms with Crippen LogP contribution in [-0.2, 0) is 24.7 Å². The van der Waals surface area contributed by atoms with Gasteiger partial charge >= 0.3 is 5.97 Å². The molecule has 1 fully saturated rings. The number of benzene rings is 2. The monoisotopic (exact) mass is 411 g/mol. The zero-order chi connectivity index (χ0) is 20.8. The molecule has 2 aliphatic heterocycles. The molecule has 148 valence electrons. The summed E-state index contributed by atoms with van der Waals surface area (Å²) in [6.45, 7) is 3.70. The van der Waals surface area contributed by atoms with E-state index >= 15 is 0 Å². The van der Waals surface area contributed by atoms with Gasteiger partial charge in [-0.2, -0.15) is 5.10 Å². The molecule has 2 aliphatic rings. The number of rotatable bonds is 4. The lowest BCUT2D eigenvalue weighted by Crippen LogP contribution is -2.48. The van der Waals surface area contributed by atoms with E-state index in [1.165, 1.54) is 0 Å². The van der Waals surface area contributed by atoms with Crippen molar-refractivity contribution < 1.29 is 19.1 Å². The summed E-state index contributed by atoms with van der Waals surface area (Å²) < 4.78 is 5.06. The van der Waals surface area contributed by atoms with Gasteiger partial charge in [-0.15, -0.1) is 0 Å². The Kier molecular flexibility index (Phi) is 4.62. The molecule has 0 aliphatic carbocycles. The van der Waals surface area contributed by atoms with Crippen LogP contribution in [0, 0.1) is 12.8 Å². The molecule has 2 aromatic rings. The Balaban J connectivity index is 1.86. The Morgan fingerprint density at radius 3 is 2.45 bits per heavy atom. The van der Waals surface area contributed by atoms with Gasteiger partial charge in [0.25, 0.3) is 5.91 Å². The van der Waals surface area contributed by atoms with Crippen molar-refractivity contribution in [3.8, 4) is 0 Å². The van der Waals surface area contributed by atoms with Crippen molar-refractivity contribution in [1.29, 1.82) is 0 Å². The highest BCUT2D eigenvalue weighted by Crippen LogP contribution is 2.45. The van der Waals surface area contributed by atoms with E-state index in [1.807, 2.05) is 19.1 Å². The Hall–Kier alpha value is -3.19. The topological polar surface area (TPSA) is 88.1 Å². The van der Waals surface area contributed by atoms with Crippen molar-refractivity contribution in [2.75, 3.05) is 11.5 Å². The maximum absolute atomic E-state index is 13.6. The maximum atomic E-state index is 13.6. The van der Waals surface area contributed by atoms with Gasteiger partial charge in [-0.25, -0.2) is 9.69 Å². The van der Waals surface area contributed by atoms with E-state index in [-0.39, 0.29) is 12.3 Å². The predicted octanol–water partition coefficient (Wildman–Crippen LogP) is 2.56. The number of anilines is 1. The lowest BCUT2D eigenvalue weighted by atomic mass is 9.79. The lowest BCUT2D eigenvalue weighted by Gasteiger charge is -2.26. The van der Waals surface area contributed by atoms with Crippen molar-refractivity contribution >= 4 is 40.8 Å². The summed E-state index contributed by atoms with van der Waals surface area (Å²) >= 11 is 6.00. The zero-order valence-corrected chi connectivity index (χ0v) is 16.6. The number of carbonyl (C=O) groups excluding carboxylic acids is 3. The molecule has 0 radical (unpaired) electrons. The van der Waals surface area contributed by atoms with Crippen LogP contribution < -0.4 is 10.3 Å². The molecule has 0 saturated carbocycles. The number of hydrazone groups is 1. The smallest absolute Gasteiger partial charge is 0.355 e. The third kappa shape index (κ3) is 2.81. The lowest BCUT2D eigenvalue weighted by molar-refractivity contribution is -0.136. The second kappa shape index (κ2) is 7.00. The number of esters is 1. The summed E-state index contributed by atoms with van der Waals surface area (Å²) in [5.41, 5.74) is 3.04. The fourth-order valence-corrected chi connectivity index (χ4v) is 3.86. The highest BCUT2D eigenvalue weighted by molar-refractivity contribution is 6.47. The van der Waals surface area contributed by atoms with E-state index in [0.29, 0.717) is 16.3 Å². The van der Waals surface area contributed by atoms with Crippen LogP contribution in [0.5, 0.6) is 0 Å². The highest BCUT2D eigenvalue weighted by Gasteiger charge is 2.67. The highest BCUT2D eigenvalue weighted by atomic mass is 35.5. The fourth-order valence-electron chi connectivity index (χ4n) is 3.74. The molecule has 0 unspecified atom stereocenters. The van der Waals surface area contributed by atoms with Crippen LogP contribution in [0.2, 0.25) is 5.02 Å². The van der Waals surface area contributed by atoms with E-state index < -0.39 is 29.2 Å². The van der Waals surface area contributed by atoms with Crippen LogP contribution in [0.3, 0.4) is 0 Å². The number of hydrogen-bond donors (Lipinski definition) is 1. The molecule has 2 atom stereocenters. The molecule has 2 amide bonds. The van der Waals surface area contributed by atoms with Gasteiger partial charge in [-0.3, -0.25) is 15.0 Å². The van der Waals surface area contributed by atoms with Crippen molar-refractivity contribution in [3.63, 3.8) is 0 Å². The van der Waals surface area contributed by atoms with Gasteiger partial charge in [0, 0.05) is 5.02 Å². The van der Waals surface area contributed by atoms with E-state index in [9.17, 15) is 14.4 Å². The molecule has 0 bridgehead atoms. The number of hydrogen-bond acceptors (Lipinski definition) is 6. The summed E-state index contributed by atoms with van der Waals surface area (Å²) in [6.07, 6.45) is 0. The van der Waals surface area contributed by atoms with Gasteiger partial charge in [0.2, 0.25) is 5.91 Å². The average Bonchev–Trinajstić information content (AvgIpc) is 3.20. The van der Waals surface area contributed by atoms with E-state index in [4.69, 9.17) is 16.3 Å². The normalized spacial score (nSPS) is 22.9. The summed E-state index contributed by atoms with van der Waals surface area (Å²) in [5.74, 6) is -2.92. The predicted molar refractivity (Wildman–Crippen MR) is 107 cm³/mol. The summed E-state index contributed by atoms with van der Waals surface area (Å²) in [5, 5.41) is 4.53. The molecule has 2 aromatic carbocycles. The van der Waals surface area contributed by atoms with Crippen molar-refractivity contribution in [2.24, 2.45) is 11.0 Å². The van der Waals surface area contributed by atoms with E-state index in [1.54, 1.807) is 43.3 Å². The zero-order valence-electron chi connectivity index (χ0n) is 15.8. The molecule has 0 aromatic heterocycles. The number of nitrogens with zero attached hydrogens (tertiary/aromatic N) is 2. The number of amides is 2. The molecule has 0 spiro atoms. The standard InChI is InChI=1S/C21H18ClN3O4/c1-3-29-19(27)17-16-18(26)25(15-10-4-12(2)5-11-15)20(28)21(16,24-23-17)13-6-8-14(22)9-7-13/h4-11,16,24H,3H2,1-2H3/t16-,21+/m0/s1. The average molecular weight is 412 g/mol. The van der Waals surface area contributed by atoms with E-state index in [2.05, 4.69) is 10.5 Å². The first-order valence-electron chi connectivity index (χ1n) is 9.13.